The summed E-state index contributed by atoms with van der Waals surface area (Å²) in [4.78, 5) is 28.8. The van der Waals surface area contributed by atoms with Gasteiger partial charge < -0.3 is 19.4 Å². The van der Waals surface area contributed by atoms with E-state index in [-0.39, 0.29) is 5.91 Å². The second-order valence-electron chi connectivity index (χ2n) is 7.85. The van der Waals surface area contributed by atoms with Crippen LogP contribution in [-0.4, -0.2) is 93.5 Å². The molecule has 0 atom stereocenters. The highest BCUT2D eigenvalue weighted by Crippen LogP contribution is 2.20. The van der Waals surface area contributed by atoms with E-state index in [9.17, 15) is 4.79 Å². The minimum absolute atomic E-state index is 0.00117. The standard InChI is InChI=1S/C21H25N9O2/c1-16-13-19(27-9-11-32-12-10-27)24-21(23-16)29-7-5-28(6-8-29)20(31)17-3-2-4-18(14-17)30-15-22-25-26-30/h2-4,13-15H,5-12H2,1H3. The Hall–Kier alpha value is -3.60. The monoisotopic (exact) mass is 435 g/mol. The third-order valence-electron chi connectivity index (χ3n) is 5.72. The van der Waals surface area contributed by atoms with Crippen molar-refractivity contribution in [2.45, 2.75) is 6.92 Å². The molecular formula is C21H25N9O2. The maximum absolute atomic E-state index is 13.1. The normalized spacial score (nSPS) is 17.0. The molecule has 2 fully saturated rings. The molecule has 2 aromatic heterocycles. The fraction of sp³-hybridized carbons (Fsp3) is 0.429. The molecule has 4 heterocycles. The van der Waals surface area contributed by atoms with E-state index in [1.807, 2.05) is 42.2 Å². The van der Waals surface area contributed by atoms with Gasteiger partial charge in [-0.3, -0.25) is 4.79 Å². The molecule has 32 heavy (non-hydrogen) atoms. The zero-order valence-electron chi connectivity index (χ0n) is 18.0. The van der Waals surface area contributed by atoms with Crippen molar-refractivity contribution in [2.75, 3.05) is 62.3 Å². The molecule has 0 aliphatic carbocycles. The summed E-state index contributed by atoms with van der Waals surface area (Å²) in [6, 6.07) is 9.36. The molecule has 0 N–H and O–H groups in total. The third-order valence-corrected chi connectivity index (χ3v) is 5.72. The molecule has 0 radical (unpaired) electrons. The number of nitrogens with zero attached hydrogens (tertiary/aromatic N) is 9. The van der Waals surface area contributed by atoms with Gasteiger partial charge in [0.05, 0.1) is 18.9 Å². The summed E-state index contributed by atoms with van der Waals surface area (Å²) in [5, 5.41) is 11.2. The van der Waals surface area contributed by atoms with Gasteiger partial charge in [0.2, 0.25) is 5.95 Å². The number of aryl methyl sites for hydroxylation is 1. The molecule has 3 aromatic rings. The van der Waals surface area contributed by atoms with Crippen molar-refractivity contribution in [3.05, 3.63) is 47.9 Å². The smallest absolute Gasteiger partial charge is 0.254 e. The van der Waals surface area contributed by atoms with Crippen LogP contribution in [0.1, 0.15) is 16.1 Å². The Bertz CT molecular complexity index is 1070. The summed E-state index contributed by atoms with van der Waals surface area (Å²) in [7, 11) is 0. The number of piperazine rings is 1. The lowest BCUT2D eigenvalue weighted by Crippen LogP contribution is -2.49. The van der Waals surface area contributed by atoms with E-state index in [0.29, 0.717) is 45.0 Å². The minimum atomic E-state index is -0.00117. The van der Waals surface area contributed by atoms with Gasteiger partial charge in [-0.05, 0) is 35.5 Å². The highest BCUT2D eigenvalue weighted by Gasteiger charge is 2.25. The van der Waals surface area contributed by atoms with E-state index in [1.165, 1.54) is 11.0 Å². The Kier molecular flexibility index (Phi) is 5.63. The molecule has 2 aliphatic rings. The summed E-state index contributed by atoms with van der Waals surface area (Å²) in [5.74, 6) is 1.66. The highest BCUT2D eigenvalue weighted by molar-refractivity contribution is 5.95. The van der Waals surface area contributed by atoms with Crippen LogP contribution < -0.4 is 9.80 Å². The van der Waals surface area contributed by atoms with Crippen LogP contribution in [0, 0.1) is 6.92 Å². The molecular weight excluding hydrogens is 410 g/mol. The summed E-state index contributed by atoms with van der Waals surface area (Å²) in [6.07, 6.45) is 1.51. The van der Waals surface area contributed by atoms with Crippen molar-refractivity contribution >= 4 is 17.7 Å². The fourth-order valence-corrected chi connectivity index (χ4v) is 3.99. The zero-order valence-corrected chi connectivity index (χ0v) is 18.0. The number of rotatable bonds is 4. The molecule has 2 aliphatic heterocycles. The predicted molar refractivity (Wildman–Crippen MR) is 117 cm³/mol. The van der Waals surface area contributed by atoms with Crippen LogP contribution in [0.15, 0.2) is 36.7 Å². The zero-order chi connectivity index (χ0) is 21.9. The number of morpholine rings is 1. The van der Waals surface area contributed by atoms with Gasteiger partial charge in [0.25, 0.3) is 5.91 Å². The lowest BCUT2D eigenvalue weighted by atomic mass is 10.1. The molecule has 1 aromatic carbocycles. The molecule has 0 unspecified atom stereocenters. The molecule has 11 nitrogen and oxygen atoms in total. The quantitative estimate of drug-likeness (QED) is 0.581. The van der Waals surface area contributed by atoms with Gasteiger partial charge in [-0.15, -0.1) is 5.10 Å². The van der Waals surface area contributed by atoms with Crippen LogP contribution in [0.4, 0.5) is 11.8 Å². The first kappa shape index (κ1) is 20.3. The topological polar surface area (TPSA) is 105 Å². The second kappa shape index (κ2) is 8.87. The van der Waals surface area contributed by atoms with E-state index in [4.69, 9.17) is 9.72 Å². The van der Waals surface area contributed by atoms with Gasteiger partial charge in [-0.1, -0.05) is 6.07 Å². The van der Waals surface area contributed by atoms with Crippen molar-refractivity contribution in [3.8, 4) is 5.69 Å². The van der Waals surface area contributed by atoms with Gasteiger partial charge in [-0.2, -0.15) is 4.98 Å². The predicted octanol–water partition coefficient (Wildman–Crippen LogP) is 0.560. The number of tetrazole rings is 1. The van der Waals surface area contributed by atoms with Crippen LogP contribution in [0.3, 0.4) is 0 Å². The number of anilines is 2. The van der Waals surface area contributed by atoms with Gasteiger partial charge in [0.1, 0.15) is 12.1 Å². The molecule has 166 valence electrons. The molecule has 2 saturated heterocycles. The Labute approximate surface area is 185 Å². The van der Waals surface area contributed by atoms with Crippen molar-refractivity contribution in [2.24, 2.45) is 0 Å². The van der Waals surface area contributed by atoms with Crippen LogP contribution in [0.25, 0.3) is 5.69 Å². The maximum Gasteiger partial charge on any atom is 0.254 e. The van der Waals surface area contributed by atoms with Crippen LogP contribution >= 0.6 is 0 Å². The first-order valence-corrected chi connectivity index (χ1v) is 10.7. The SMILES string of the molecule is Cc1cc(N2CCOCC2)nc(N2CCN(C(=O)c3cccc(-n4cnnn4)c3)CC2)n1. The number of carbonyl (C=O) groups excluding carboxylic acids is 1. The third kappa shape index (κ3) is 4.24. The lowest BCUT2D eigenvalue weighted by molar-refractivity contribution is 0.0746. The van der Waals surface area contributed by atoms with E-state index in [2.05, 4.69) is 30.3 Å². The molecule has 0 spiro atoms. The van der Waals surface area contributed by atoms with E-state index >= 15 is 0 Å². The van der Waals surface area contributed by atoms with Gasteiger partial charge >= 0.3 is 0 Å². The van der Waals surface area contributed by atoms with E-state index in [0.717, 1.165) is 36.2 Å². The molecule has 0 bridgehead atoms. The van der Waals surface area contributed by atoms with Gasteiger partial charge in [-0.25, -0.2) is 9.67 Å². The van der Waals surface area contributed by atoms with E-state index < -0.39 is 0 Å². The van der Waals surface area contributed by atoms with Gasteiger partial charge in [0.15, 0.2) is 0 Å². The molecule has 0 saturated carbocycles. The second-order valence-corrected chi connectivity index (χ2v) is 7.85. The van der Waals surface area contributed by atoms with Crippen LogP contribution in [0.5, 0.6) is 0 Å². The van der Waals surface area contributed by atoms with Crippen molar-refractivity contribution in [1.29, 1.82) is 0 Å². The lowest BCUT2D eigenvalue weighted by Gasteiger charge is -2.35. The summed E-state index contributed by atoms with van der Waals surface area (Å²) in [5.41, 5.74) is 2.31. The summed E-state index contributed by atoms with van der Waals surface area (Å²) in [6.45, 7) is 7.68. The van der Waals surface area contributed by atoms with Gasteiger partial charge in [0, 0.05) is 56.6 Å². The molecule has 1 amide bonds. The largest absolute Gasteiger partial charge is 0.378 e. The van der Waals surface area contributed by atoms with Crippen LogP contribution in [-0.2, 0) is 4.74 Å². The van der Waals surface area contributed by atoms with Crippen LogP contribution in [0.2, 0.25) is 0 Å². The first-order chi connectivity index (χ1) is 15.7. The first-order valence-electron chi connectivity index (χ1n) is 10.7. The Morgan fingerprint density at radius 3 is 2.53 bits per heavy atom. The molecule has 5 rings (SSSR count). The number of carbonyl (C=O) groups is 1. The number of ether oxygens (including phenoxy) is 1. The number of aromatic nitrogens is 6. The van der Waals surface area contributed by atoms with Crippen molar-refractivity contribution in [1.82, 2.24) is 35.1 Å². The van der Waals surface area contributed by atoms with Crippen molar-refractivity contribution in [3.63, 3.8) is 0 Å². The Balaban J connectivity index is 1.26. The maximum atomic E-state index is 13.1. The number of amides is 1. The number of hydrogen-bond acceptors (Lipinski definition) is 9. The number of benzene rings is 1. The fourth-order valence-electron chi connectivity index (χ4n) is 3.99. The summed E-state index contributed by atoms with van der Waals surface area (Å²) < 4.78 is 6.99. The average molecular weight is 435 g/mol. The minimum Gasteiger partial charge on any atom is -0.378 e. The average Bonchev–Trinajstić information content (AvgIpc) is 3.39. The summed E-state index contributed by atoms with van der Waals surface area (Å²) >= 11 is 0. The Morgan fingerprint density at radius 1 is 0.969 bits per heavy atom. The number of hydrogen-bond donors (Lipinski definition) is 0. The van der Waals surface area contributed by atoms with Crippen molar-refractivity contribution < 1.29 is 9.53 Å². The van der Waals surface area contributed by atoms with E-state index in [1.54, 1.807) is 0 Å². The Morgan fingerprint density at radius 2 is 1.78 bits per heavy atom. The highest BCUT2D eigenvalue weighted by atomic mass is 16.5. The molecule has 11 heteroatoms.